The molecule has 0 saturated carbocycles. The van der Waals surface area contributed by atoms with Crippen LogP contribution in [0.4, 0.5) is 4.79 Å². The van der Waals surface area contributed by atoms with Gasteiger partial charge in [0, 0.05) is 11.8 Å². The number of rotatable bonds is 13. The van der Waals surface area contributed by atoms with Crippen molar-refractivity contribution in [2.75, 3.05) is 5.33 Å². The van der Waals surface area contributed by atoms with Crippen molar-refractivity contribution in [2.24, 2.45) is 5.73 Å². The molecule has 1 rings (SSSR count). The average Bonchev–Trinajstić information content (AvgIpc) is 2.66. The maximum atomic E-state index is 12.1. The minimum atomic E-state index is -0.599. The average molecular weight is 485 g/mol. The Morgan fingerprint density at radius 2 is 1.73 bits per heavy atom. The van der Waals surface area contributed by atoms with Crippen LogP contribution in [0, 0.1) is 0 Å². The first kappa shape index (κ1) is 26.4. The highest BCUT2D eigenvalue weighted by Crippen LogP contribution is 2.14. The van der Waals surface area contributed by atoms with E-state index >= 15 is 0 Å². The van der Waals surface area contributed by atoms with Gasteiger partial charge >= 0.3 is 6.09 Å². The van der Waals surface area contributed by atoms with E-state index in [-0.39, 0.29) is 18.6 Å². The molecule has 0 fully saturated rings. The van der Waals surface area contributed by atoms with Gasteiger partial charge in [0.15, 0.2) is 0 Å². The van der Waals surface area contributed by atoms with Gasteiger partial charge in [-0.3, -0.25) is 4.79 Å². The number of hydrogen-bond donors (Lipinski definition) is 2. The molecule has 0 bridgehead atoms. The van der Waals surface area contributed by atoms with E-state index in [0.29, 0.717) is 13.0 Å². The molecule has 30 heavy (non-hydrogen) atoms. The number of halogens is 1. The zero-order valence-corrected chi connectivity index (χ0v) is 20.3. The Balaban J connectivity index is 2.57. The summed E-state index contributed by atoms with van der Waals surface area (Å²) in [5.74, 6) is -0.412. The first-order valence-electron chi connectivity index (χ1n) is 10.6. The van der Waals surface area contributed by atoms with E-state index in [1.807, 2.05) is 6.92 Å². The predicted molar refractivity (Wildman–Crippen MR) is 124 cm³/mol. The maximum Gasteiger partial charge on any atom is 0.407 e. The molecule has 170 valence electrons. The standard InChI is InChI=1S/C23H37BrN2O4/c1-17(20(13-14-21(25)27)26-22(28)30-23(2,3)4)29-16-19-11-9-18(10-12-19)8-6-5-7-15-24/h9-12,17,20H,5-8,13-16H2,1-4H3,(H2,25,27)(H,26,28)/t17-,20+/m1/s1. The maximum absolute atomic E-state index is 12.1. The van der Waals surface area contributed by atoms with E-state index in [2.05, 4.69) is 45.5 Å². The van der Waals surface area contributed by atoms with Gasteiger partial charge in [0.1, 0.15) is 5.60 Å². The van der Waals surface area contributed by atoms with Crippen LogP contribution in [-0.2, 0) is 27.3 Å². The molecule has 7 heteroatoms. The number of alkyl halides is 1. The van der Waals surface area contributed by atoms with Gasteiger partial charge in [-0.15, -0.1) is 0 Å². The third-order valence-electron chi connectivity index (χ3n) is 4.61. The van der Waals surface area contributed by atoms with Crippen LogP contribution in [0.5, 0.6) is 0 Å². The molecule has 1 aromatic carbocycles. The van der Waals surface area contributed by atoms with Crippen LogP contribution < -0.4 is 11.1 Å². The number of nitrogens with one attached hydrogen (secondary N) is 1. The monoisotopic (exact) mass is 484 g/mol. The molecule has 0 aliphatic carbocycles. The molecular formula is C23H37BrN2O4. The van der Waals surface area contributed by atoms with Gasteiger partial charge in [0.2, 0.25) is 5.91 Å². The molecule has 0 spiro atoms. The Hall–Kier alpha value is -1.60. The van der Waals surface area contributed by atoms with Crippen LogP contribution in [0.15, 0.2) is 24.3 Å². The fourth-order valence-electron chi connectivity index (χ4n) is 2.93. The Bertz CT molecular complexity index is 644. The van der Waals surface area contributed by atoms with Crippen LogP contribution >= 0.6 is 15.9 Å². The smallest absolute Gasteiger partial charge is 0.407 e. The van der Waals surface area contributed by atoms with E-state index in [0.717, 1.165) is 17.3 Å². The lowest BCUT2D eigenvalue weighted by Gasteiger charge is -2.27. The molecule has 2 atom stereocenters. The fourth-order valence-corrected chi connectivity index (χ4v) is 3.32. The summed E-state index contributed by atoms with van der Waals surface area (Å²) in [6, 6.07) is 8.06. The Labute approximate surface area is 189 Å². The van der Waals surface area contributed by atoms with Crippen molar-refractivity contribution in [1.82, 2.24) is 5.32 Å². The number of carbonyl (C=O) groups is 2. The SMILES string of the molecule is C[C@@H](OCc1ccc(CCCCCBr)cc1)[C@H](CCC(N)=O)NC(=O)OC(C)(C)C. The lowest BCUT2D eigenvalue weighted by Crippen LogP contribution is -2.45. The van der Waals surface area contributed by atoms with Gasteiger partial charge in [-0.05, 0) is 64.5 Å². The molecule has 0 unspecified atom stereocenters. The second-order valence-corrected chi connectivity index (χ2v) is 9.38. The van der Waals surface area contributed by atoms with Crippen LogP contribution in [0.25, 0.3) is 0 Å². The van der Waals surface area contributed by atoms with Gasteiger partial charge in [0.05, 0.1) is 18.8 Å². The van der Waals surface area contributed by atoms with E-state index in [1.54, 1.807) is 20.8 Å². The van der Waals surface area contributed by atoms with Crippen molar-refractivity contribution < 1.29 is 19.1 Å². The van der Waals surface area contributed by atoms with E-state index in [9.17, 15) is 9.59 Å². The highest BCUT2D eigenvalue weighted by atomic mass is 79.9. The second kappa shape index (κ2) is 13.7. The normalized spacial score (nSPS) is 13.5. The molecule has 1 aromatic rings. The molecular weight excluding hydrogens is 448 g/mol. The van der Waals surface area contributed by atoms with E-state index in [4.69, 9.17) is 15.2 Å². The highest BCUT2D eigenvalue weighted by molar-refractivity contribution is 9.09. The Morgan fingerprint density at radius 1 is 1.10 bits per heavy atom. The summed E-state index contributed by atoms with van der Waals surface area (Å²) >= 11 is 3.46. The number of alkyl carbamates (subject to hydrolysis) is 1. The molecule has 2 amide bonds. The first-order chi connectivity index (χ1) is 14.1. The fraction of sp³-hybridized carbons (Fsp3) is 0.652. The molecule has 6 nitrogen and oxygen atoms in total. The molecule has 0 aromatic heterocycles. The molecule has 0 saturated heterocycles. The number of aryl methyl sites for hydroxylation is 1. The van der Waals surface area contributed by atoms with Gasteiger partial charge < -0.3 is 20.5 Å². The zero-order valence-electron chi connectivity index (χ0n) is 18.7. The number of ether oxygens (including phenoxy) is 2. The van der Waals surface area contributed by atoms with Gasteiger partial charge in [-0.25, -0.2) is 4.79 Å². The van der Waals surface area contributed by atoms with Crippen LogP contribution in [0.2, 0.25) is 0 Å². The van der Waals surface area contributed by atoms with Gasteiger partial charge in [-0.1, -0.05) is 46.6 Å². The summed E-state index contributed by atoms with van der Waals surface area (Å²) in [5, 5.41) is 3.87. The third kappa shape index (κ3) is 12.2. The van der Waals surface area contributed by atoms with Crippen LogP contribution in [0.1, 0.15) is 70.9 Å². The van der Waals surface area contributed by atoms with Crippen molar-refractivity contribution in [2.45, 2.75) is 90.6 Å². The number of hydrogen-bond acceptors (Lipinski definition) is 4. The summed E-state index contributed by atoms with van der Waals surface area (Å²) in [5.41, 5.74) is 7.07. The summed E-state index contributed by atoms with van der Waals surface area (Å²) in [6.07, 6.45) is 4.43. The van der Waals surface area contributed by atoms with Crippen LogP contribution in [0.3, 0.4) is 0 Å². The molecule has 3 N–H and O–H groups in total. The largest absolute Gasteiger partial charge is 0.444 e. The lowest BCUT2D eigenvalue weighted by atomic mass is 10.0. The first-order valence-corrected chi connectivity index (χ1v) is 11.8. The molecule has 0 aliphatic heterocycles. The number of primary amides is 1. The van der Waals surface area contributed by atoms with E-state index < -0.39 is 17.6 Å². The number of amides is 2. The summed E-state index contributed by atoms with van der Waals surface area (Å²) < 4.78 is 11.3. The molecule has 0 radical (unpaired) electrons. The Kier molecular flexibility index (Phi) is 12.0. The predicted octanol–water partition coefficient (Wildman–Crippen LogP) is 4.86. The minimum absolute atomic E-state index is 0.165. The summed E-state index contributed by atoms with van der Waals surface area (Å²) in [7, 11) is 0. The van der Waals surface area contributed by atoms with Crippen molar-refractivity contribution in [1.29, 1.82) is 0 Å². The van der Waals surface area contributed by atoms with Crippen molar-refractivity contribution >= 4 is 27.9 Å². The second-order valence-electron chi connectivity index (χ2n) is 8.59. The lowest BCUT2D eigenvalue weighted by molar-refractivity contribution is -0.118. The Morgan fingerprint density at radius 3 is 2.30 bits per heavy atom. The topological polar surface area (TPSA) is 90.6 Å². The highest BCUT2D eigenvalue weighted by Gasteiger charge is 2.24. The number of nitrogens with two attached hydrogens (primary N) is 1. The number of carbonyl (C=O) groups excluding carboxylic acids is 2. The quantitative estimate of drug-likeness (QED) is 0.309. The summed E-state index contributed by atoms with van der Waals surface area (Å²) in [4.78, 5) is 23.3. The number of unbranched alkanes of at least 4 members (excludes halogenated alkanes) is 2. The van der Waals surface area contributed by atoms with Gasteiger partial charge in [0.25, 0.3) is 0 Å². The summed E-state index contributed by atoms with van der Waals surface area (Å²) in [6.45, 7) is 7.71. The molecule has 0 heterocycles. The molecule has 0 aliphatic rings. The van der Waals surface area contributed by atoms with E-state index in [1.165, 1.54) is 24.8 Å². The van der Waals surface area contributed by atoms with Crippen molar-refractivity contribution in [3.8, 4) is 0 Å². The van der Waals surface area contributed by atoms with Crippen LogP contribution in [-0.4, -0.2) is 35.1 Å². The number of benzene rings is 1. The minimum Gasteiger partial charge on any atom is -0.444 e. The zero-order chi connectivity index (χ0) is 22.6. The van der Waals surface area contributed by atoms with Crippen molar-refractivity contribution in [3.63, 3.8) is 0 Å². The van der Waals surface area contributed by atoms with Gasteiger partial charge in [-0.2, -0.15) is 0 Å². The van der Waals surface area contributed by atoms with Crippen molar-refractivity contribution in [3.05, 3.63) is 35.4 Å². The third-order valence-corrected chi connectivity index (χ3v) is 5.17.